The lowest BCUT2D eigenvalue weighted by molar-refractivity contribution is 0.0925. The lowest BCUT2D eigenvalue weighted by Crippen LogP contribution is -2.10. The van der Waals surface area contributed by atoms with Crippen molar-refractivity contribution in [1.82, 2.24) is 0 Å². The monoisotopic (exact) mass is 355 g/mol. The number of thiophene rings is 1. The Kier molecular flexibility index (Phi) is 4.59. The van der Waals surface area contributed by atoms with E-state index < -0.39 is 0 Å². The van der Waals surface area contributed by atoms with Gasteiger partial charge in [-0.3, -0.25) is 4.79 Å². The maximum absolute atomic E-state index is 11.8. The van der Waals surface area contributed by atoms with Crippen molar-refractivity contribution in [1.29, 1.82) is 5.26 Å². The summed E-state index contributed by atoms with van der Waals surface area (Å²) in [5.41, 5.74) is 0.381. The Labute approximate surface area is 127 Å². The number of nitrogens with zero attached hydrogens (tertiary/aromatic N) is 1. The van der Waals surface area contributed by atoms with Crippen LogP contribution in [0.2, 0.25) is 4.34 Å². The normalized spacial score (nSPS) is 9.95. The maximum atomic E-state index is 11.8. The fourth-order valence-corrected chi connectivity index (χ4v) is 2.72. The molecule has 0 radical (unpaired) electrons. The lowest BCUT2D eigenvalue weighted by Gasteiger charge is -2.06. The minimum Gasteiger partial charge on any atom is -0.484 e. The summed E-state index contributed by atoms with van der Waals surface area (Å²) < 4.78 is 6.72. The molecular weight excluding hydrogens is 350 g/mol. The second-order valence-corrected chi connectivity index (χ2v) is 6.20. The van der Waals surface area contributed by atoms with Gasteiger partial charge < -0.3 is 4.74 Å². The number of Topliss-reactive ketones (excluding diaryl/α,β-unsaturated/α-hetero) is 1. The molecule has 0 spiro atoms. The average Bonchev–Trinajstić information content (AvgIpc) is 2.83. The molecule has 0 N–H and O–H groups in total. The molecule has 0 aliphatic rings. The van der Waals surface area contributed by atoms with E-state index in [1.807, 2.05) is 6.07 Å². The van der Waals surface area contributed by atoms with Gasteiger partial charge in [0.05, 0.1) is 14.8 Å². The van der Waals surface area contributed by atoms with Gasteiger partial charge in [-0.05, 0) is 30.3 Å². The molecule has 0 atom stereocenters. The number of rotatable bonds is 4. The van der Waals surface area contributed by atoms with Crippen LogP contribution in [0.25, 0.3) is 0 Å². The first-order valence-corrected chi connectivity index (χ1v) is 7.20. The first kappa shape index (κ1) is 14.1. The number of halogens is 2. The largest absolute Gasteiger partial charge is 0.484 e. The predicted octanol–water partition coefficient (Wildman–Crippen LogP) is 4.30. The summed E-state index contributed by atoms with van der Waals surface area (Å²) >= 11 is 10.2. The van der Waals surface area contributed by atoms with Crippen molar-refractivity contribution < 1.29 is 9.53 Å². The highest BCUT2D eigenvalue weighted by atomic mass is 79.9. The van der Waals surface area contributed by atoms with Crippen molar-refractivity contribution in [3.8, 4) is 11.8 Å². The van der Waals surface area contributed by atoms with Gasteiger partial charge in [0.2, 0.25) is 5.78 Å². The molecule has 19 heavy (non-hydrogen) atoms. The maximum Gasteiger partial charge on any atom is 0.210 e. The van der Waals surface area contributed by atoms with Crippen LogP contribution in [0.3, 0.4) is 0 Å². The molecule has 0 aliphatic carbocycles. The van der Waals surface area contributed by atoms with Gasteiger partial charge in [-0.2, -0.15) is 5.26 Å². The smallest absolute Gasteiger partial charge is 0.210 e. The van der Waals surface area contributed by atoms with E-state index in [9.17, 15) is 4.79 Å². The number of carbonyl (C=O) groups is 1. The molecule has 96 valence electrons. The number of ether oxygens (including phenoxy) is 1. The second-order valence-electron chi connectivity index (χ2n) is 3.57. The number of ketones is 1. The van der Waals surface area contributed by atoms with Crippen LogP contribution >= 0.6 is 38.9 Å². The Bertz CT molecular complexity index is 663. The van der Waals surface area contributed by atoms with Gasteiger partial charge in [0.1, 0.15) is 11.8 Å². The van der Waals surface area contributed by atoms with Gasteiger partial charge in [0.25, 0.3) is 0 Å². The van der Waals surface area contributed by atoms with Crippen LogP contribution in [0.4, 0.5) is 0 Å². The summed E-state index contributed by atoms with van der Waals surface area (Å²) in [5.74, 6) is 0.227. The van der Waals surface area contributed by atoms with Gasteiger partial charge >= 0.3 is 0 Å². The minimum absolute atomic E-state index is 0.118. The van der Waals surface area contributed by atoms with Crippen LogP contribution in [0.15, 0.2) is 34.8 Å². The molecule has 0 amide bonds. The van der Waals surface area contributed by atoms with Gasteiger partial charge in [-0.1, -0.05) is 27.5 Å². The molecular formula is C13H7BrClNO2S. The molecule has 0 fully saturated rings. The summed E-state index contributed by atoms with van der Waals surface area (Å²) in [6.07, 6.45) is 0. The quantitative estimate of drug-likeness (QED) is 0.768. The third-order valence-electron chi connectivity index (χ3n) is 2.27. The van der Waals surface area contributed by atoms with E-state index in [4.69, 9.17) is 21.6 Å². The molecule has 1 aromatic heterocycles. The topological polar surface area (TPSA) is 50.1 Å². The van der Waals surface area contributed by atoms with Crippen molar-refractivity contribution >= 4 is 44.7 Å². The van der Waals surface area contributed by atoms with E-state index in [-0.39, 0.29) is 12.4 Å². The van der Waals surface area contributed by atoms with Crippen molar-refractivity contribution in [3.05, 3.63) is 49.6 Å². The van der Waals surface area contributed by atoms with E-state index in [1.165, 1.54) is 11.3 Å². The summed E-state index contributed by atoms with van der Waals surface area (Å²) in [6.45, 7) is -0.118. The number of carbonyl (C=O) groups excluding carboxylic acids is 1. The summed E-state index contributed by atoms with van der Waals surface area (Å²) in [7, 11) is 0. The first-order valence-electron chi connectivity index (χ1n) is 5.21. The highest BCUT2D eigenvalue weighted by Crippen LogP contribution is 2.24. The van der Waals surface area contributed by atoms with Gasteiger partial charge in [0, 0.05) is 4.47 Å². The van der Waals surface area contributed by atoms with Crippen LogP contribution < -0.4 is 4.74 Å². The zero-order chi connectivity index (χ0) is 13.8. The molecule has 3 nitrogen and oxygen atoms in total. The summed E-state index contributed by atoms with van der Waals surface area (Å²) in [4.78, 5) is 12.4. The average molecular weight is 357 g/mol. The Morgan fingerprint density at radius 2 is 2.21 bits per heavy atom. The SMILES string of the molecule is N#Cc1cc(Br)ccc1OCC(=O)c1ccc(Cl)s1. The third kappa shape index (κ3) is 3.57. The Hall–Kier alpha value is -1.35. The van der Waals surface area contributed by atoms with E-state index in [0.29, 0.717) is 20.5 Å². The minimum atomic E-state index is -0.163. The highest BCUT2D eigenvalue weighted by Gasteiger charge is 2.11. The summed E-state index contributed by atoms with van der Waals surface area (Å²) in [5, 5.41) is 8.98. The molecule has 0 saturated heterocycles. The van der Waals surface area contributed by atoms with Crippen LogP contribution in [0.5, 0.6) is 5.75 Å². The van der Waals surface area contributed by atoms with Crippen LogP contribution in [-0.2, 0) is 0 Å². The Morgan fingerprint density at radius 3 is 2.84 bits per heavy atom. The van der Waals surface area contributed by atoms with E-state index in [0.717, 1.165) is 4.47 Å². The fourth-order valence-electron chi connectivity index (χ4n) is 1.39. The molecule has 2 rings (SSSR count). The van der Waals surface area contributed by atoms with Gasteiger partial charge in [-0.25, -0.2) is 0 Å². The molecule has 0 aliphatic heterocycles. The van der Waals surface area contributed by atoms with Crippen LogP contribution in [0, 0.1) is 11.3 Å². The number of benzene rings is 1. The Balaban J connectivity index is 2.07. The van der Waals surface area contributed by atoms with Crippen molar-refractivity contribution in [3.63, 3.8) is 0 Å². The fraction of sp³-hybridized carbons (Fsp3) is 0.0769. The molecule has 2 aromatic rings. The van der Waals surface area contributed by atoms with Crippen molar-refractivity contribution in [2.75, 3.05) is 6.61 Å². The van der Waals surface area contributed by atoms with Crippen molar-refractivity contribution in [2.45, 2.75) is 0 Å². The Morgan fingerprint density at radius 1 is 1.42 bits per heavy atom. The molecule has 1 aromatic carbocycles. The predicted molar refractivity (Wildman–Crippen MR) is 78.0 cm³/mol. The number of hydrogen-bond donors (Lipinski definition) is 0. The summed E-state index contributed by atoms with van der Waals surface area (Å²) in [6, 6.07) is 10.4. The highest BCUT2D eigenvalue weighted by molar-refractivity contribution is 9.10. The van der Waals surface area contributed by atoms with Gasteiger partial charge in [0.15, 0.2) is 6.61 Å². The van der Waals surface area contributed by atoms with E-state index in [1.54, 1.807) is 30.3 Å². The molecule has 0 saturated carbocycles. The second kappa shape index (κ2) is 6.20. The number of hydrogen-bond acceptors (Lipinski definition) is 4. The third-order valence-corrected chi connectivity index (χ3v) is 4.03. The van der Waals surface area contributed by atoms with E-state index in [2.05, 4.69) is 15.9 Å². The zero-order valence-electron chi connectivity index (χ0n) is 9.52. The first-order chi connectivity index (χ1) is 9.10. The van der Waals surface area contributed by atoms with Crippen molar-refractivity contribution in [2.24, 2.45) is 0 Å². The molecule has 6 heteroatoms. The van der Waals surface area contributed by atoms with Gasteiger partial charge in [-0.15, -0.1) is 11.3 Å². The zero-order valence-corrected chi connectivity index (χ0v) is 12.7. The number of nitriles is 1. The lowest BCUT2D eigenvalue weighted by atomic mass is 10.2. The van der Waals surface area contributed by atoms with E-state index >= 15 is 0 Å². The molecule has 1 heterocycles. The standard InChI is InChI=1S/C13H7BrClNO2S/c14-9-1-2-11(8(5-9)6-16)18-7-10(17)12-3-4-13(15)19-12/h1-5H,7H2. The molecule has 0 bridgehead atoms. The molecule has 0 unspecified atom stereocenters. The van der Waals surface area contributed by atoms with Crippen LogP contribution in [0.1, 0.15) is 15.2 Å². The van der Waals surface area contributed by atoms with Crippen LogP contribution in [-0.4, -0.2) is 12.4 Å².